The number of hydrogen-bond donors (Lipinski definition) is 7. The molecular weight excluding hydrogens is 791 g/mol. The first-order chi connectivity index (χ1) is 28.9. The molecule has 1 saturated heterocycles. The van der Waals surface area contributed by atoms with Gasteiger partial charge < -0.3 is 40.3 Å². The number of nitrogens with one attached hydrogen (secondary N) is 1. The van der Waals surface area contributed by atoms with Gasteiger partial charge in [0, 0.05) is 0 Å². The Balaban J connectivity index is 2.51. The molecule has 0 radical (unpaired) electrons. The highest BCUT2D eigenvalue weighted by molar-refractivity contribution is 7.80. The fourth-order valence-corrected chi connectivity index (χ4v) is 7.53. The molecule has 350 valence electrons. The van der Waals surface area contributed by atoms with Crippen molar-refractivity contribution in [3.05, 3.63) is 48.6 Å². The number of carbonyl (C=O) groups is 1. The number of hydrogen-bond acceptors (Lipinski definition) is 11. The van der Waals surface area contributed by atoms with Crippen molar-refractivity contribution >= 4 is 16.3 Å². The van der Waals surface area contributed by atoms with Gasteiger partial charge in [-0.2, -0.15) is 8.42 Å². The predicted molar refractivity (Wildman–Crippen MR) is 237 cm³/mol. The van der Waals surface area contributed by atoms with Crippen molar-refractivity contribution in [1.82, 2.24) is 5.32 Å². The summed E-state index contributed by atoms with van der Waals surface area (Å²) in [4.78, 5) is 13.1. The Kier molecular flexibility index (Phi) is 34.1. The summed E-state index contributed by atoms with van der Waals surface area (Å²) >= 11 is 0. The number of ether oxygens (including phenoxy) is 2. The van der Waals surface area contributed by atoms with Gasteiger partial charge in [0.05, 0.1) is 25.4 Å². The van der Waals surface area contributed by atoms with Gasteiger partial charge in [-0.05, 0) is 64.2 Å². The van der Waals surface area contributed by atoms with Gasteiger partial charge in [0.2, 0.25) is 5.91 Å². The van der Waals surface area contributed by atoms with Crippen molar-refractivity contribution in [2.75, 3.05) is 13.2 Å². The van der Waals surface area contributed by atoms with E-state index >= 15 is 0 Å². The van der Waals surface area contributed by atoms with Crippen LogP contribution in [0.4, 0.5) is 0 Å². The monoisotopic (exact) mass is 874 g/mol. The molecule has 8 unspecified atom stereocenters. The lowest BCUT2D eigenvalue weighted by Gasteiger charge is -2.41. The van der Waals surface area contributed by atoms with Crippen LogP contribution in [0.5, 0.6) is 0 Å². The Morgan fingerprint density at radius 1 is 0.683 bits per heavy atom. The van der Waals surface area contributed by atoms with Crippen LogP contribution < -0.4 is 5.32 Å². The van der Waals surface area contributed by atoms with Gasteiger partial charge in [0.25, 0.3) is 0 Å². The number of unbranched alkanes of at least 4 members (excludes halogenated alkanes) is 19. The van der Waals surface area contributed by atoms with Crippen molar-refractivity contribution in [1.29, 1.82) is 0 Å². The molecule has 14 heteroatoms. The summed E-state index contributed by atoms with van der Waals surface area (Å²) in [5.74, 6) is -0.725. The molecule has 1 fully saturated rings. The Morgan fingerprint density at radius 2 is 1.17 bits per heavy atom. The summed E-state index contributed by atoms with van der Waals surface area (Å²) in [5, 5.41) is 55.0. The average molecular weight is 874 g/mol. The Bertz CT molecular complexity index is 1280. The molecule has 0 aliphatic carbocycles. The second-order valence-electron chi connectivity index (χ2n) is 16.1. The van der Waals surface area contributed by atoms with Crippen LogP contribution in [0.15, 0.2) is 48.6 Å². The average Bonchev–Trinajstić information content (AvgIpc) is 3.22. The lowest BCUT2D eigenvalue weighted by molar-refractivity contribution is -0.298. The number of aliphatic hydroxyl groups is 5. The zero-order valence-corrected chi connectivity index (χ0v) is 37.7. The Morgan fingerprint density at radius 3 is 1.68 bits per heavy atom. The van der Waals surface area contributed by atoms with E-state index in [9.17, 15) is 38.7 Å². The molecule has 0 saturated carbocycles. The third kappa shape index (κ3) is 28.6. The number of amides is 1. The van der Waals surface area contributed by atoms with Crippen LogP contribution in [-0.4, -0.2) is 107 Å². The fraction of sp³-hybridized carbons (Fsp3) is 0.804. The smallest absolute Gasteiger partial charge is 0.394 e. The van der Waals surface area contributed by atoms with Crippen LogP contribution in [0, 0.1) is 0 Å². The van der Waals surface area contributed by atoms with Gasteiger partial charge in [0.1, 0.15) is 30.5 Å². The molecule has 7 N–H and O–H groups in total. The number of carbonyl (C=O) groups excluding carboxylic acids is 1. The second-order valence-corrected chi connectivity index (χ2v) is 17.1. The molecule has 0 spiro atoms. The van der Waals surface area contributed by atoms with Gasteiger partial charge in [-0.15, -0.1) is 0 Å². The molecule has 1 heterocycles. The van der Waals surface area contributed by atoms with Crippen LogP contribution in [0.25, 0.3) is 0 Å². The molecule has 0 aromatic heterocycles. The minimum Gasteiger partial charge on any atom is -0.394 e. The molecule has 0 aromatic rings. The predicted octanol–water partition coefficient (Wildman–Crippen LogP) is 7.85. The van der Waals surface area contributed by atoms with Crippen molar-refractivity contribution in [3.8, 4) is 0 Å². The van der Waals surface area contributed by atoms with Crippen molar-refractivity contribution < 1.29 is 57.0 Å². The van der Waals surface area contributed by atoms with Gasteiger partial charge in [0.15, 0.2) is 6.29 Å². The summed E-state index contributed by atoms with van der Waals surface area (Å²) < 4.78 is 47.4. The van der Waals surface area contributed by atoms with E-state index in [2.05, 4.69) is 53.7 Å². The highest BCUT2D eigenvalue weighted by Gasteiger charge is 2.48. The zero-order valence-electron chi connectivity index (χ0n) is 36.9. The summed E-state index contributed by atoms with van der Waals surface area (Å²) in [5.41, 5.74) is 0. The van der Waals surface area contributed by atoms with Crippen LogP contribution in [0.2, 0.25) is 0 Å². The fourth-order valence-electron chi connectivity index (χ4n) is 7.02. The summed E-state index contributed by atoms with van der Waals surface area (Å²) in [7, 11) is -5.12. The van der Waals surface area contributed by atoms with Crippen molar-refractivity contribution in [2.24, 2.45) is 0 Å². The maximum Gasteiger partial charge on any atom is 0.397 e. The van der Waals surface area contributed by atoms with Crippen LogP contribution in [-0.2, 0) is 28.9 Å². The van der Waals surface area contributed by atoms with Crippen molar-refractivity contribution in [3.63, 3.8) is 0 Å². The molecular formula is C46H83NO12S. The van der Waals surface area contributed by atoms with E-state index in [1.165, 1.54) is 76.7 Å². The first kappa shape index (κ1) is 56.0. The maximum atomic E-state index is 13.1. The van der Waals surface area contributed by atoms with E-state index in [0.29, 0.717) is 12.8 Å². The molecule has 1 rings (SSSR count). The van der Waals surface area contributed by atoms with Crippen LogP contribution in [0.3, 0.4) is 0 Å². The number of aliphatic hydroxyl groups excluding tert-OH is 5. The van der Waals surface area contributed by atoms with E-state index in [1.807, 2.05) is 6.08 Å². The summed E-state index contributed by atoms with van der Waals surface area (Å²) in [6.07, 6.45) is 32.2. The molecule has 60 heavy (non-hydrogen) atoms. The normalized spacial score (nSPS) is 21.8. The summed E-state index contributed by atoms with van der Waals surface area (Å²) in [6.45, 7) is 3.05. The minimum absolute atomic E-state index is 0.225. The minimum atomic E-state index is -5.12. The summed E-state index contributed by atoms with van der Waals surface area (Å²) in [6, 6.07) is -1.14. The first-order valence-electron chi connectivity index (χ1n) is 23.1. The largest absolute Gasteiger partial charge is 0.397 e. The van der Waals surface area contributed by atoms with E-state index < -0.39 is 78.5 Å². The van der Waals surface area contributed by atoms with Crippen LogP contribution >= 0.6 is 0 Å². The van der Waals surface area contributed by atoms with Crippen molar-refractivity contribution in [2.45, 2.75) is 223 Å². The highest BCUT2D eigenvalue weighted by Crippen LogP contribution is 2.26. The van der Waals surface area contributed by atoms with Gasteiger partial charge in [-0.3, -0.25) is 9.35 Å². The molecule has 0 bridgehead atoms. The first-order valence-corrected chi connectivity index (χ1v) is 24.5. The van der Waals surface area contributed by atoms with Gasteiger partial charge >= 0.3 is 10.4 Å². The Hall–Kier alpha value is -1.98. The molecule has 8 atom stereocenters. The second kappa shape index (κ2) is 36.5. The molecule has 0 aromatic carbocycles. The molecule has 1 aliphatic heterocycles. The SMILES string of the molecule is CC/C=C/CC/C=C/CC/C=C/C(O)C(COC1OC(CO)C(O)C(OS(=O)(=O)O)C1O)NC(=O)C(O)CCCCCCCC/C=C\CCCCCCCCCCCCC. The topological polar surface area (TPSA) is 212 Å². The lowest BCUT2D eigenvalue weighted by atomic mass is 9.99. The van der Waals surface area contributed by atoms with E-state index in [-0.39, 0.29) is 6.42 Å². The van der Waals surface area contributed by atoms with Gasteiger partial charge in [-0.25, -0.2) is 4.18 Å². The molecule has 1 amide bonds. The standard InChI is InChI=1S/C46H83NO12S/c1-3-5-7-9-11-13-15-16-17-18-19-20-21-22-23-24-25-27-29-31-33-35-40(50)45(53)47-38(39(49)34-32-30-28-26-14-12-10-8-6-4-2)37-57-46-43(52)44(59-60(54,55)56)42(51)41(36-48)58-46/h6,8,14,21-22,26,32,34,38-44,46,48-52H,3-5,7,9-13,15-20,23-25,27-31,33,35-37H2,1-2H3,(H,47,53)(H,54,55,56)/b8-6+,22-21-,26-14+,34-32+. The molecule has 1 aliphatic rings. The van der Waals surface area contributed by atoms with E-state index in [1.54, 1.807) is 6.08 Å². The zero-order chi connectivity index (χ0) is 44.3. The third-order valence-corrected chi connectivity index (χ3v) is 11.1. The Labute approximate surface area is 362 Å². The van der Waals surface area contributed by atoms with Gasteiger partial charge in [-0.1, -0.05) is 159 Å². The number of allylic oxidation sites excluding steroid dienone is 7. The lowest BCUT2D eigenvalue weighted by Crippen LogP contribution is -2.61. The highest BCUT2D eigenvalue weighted by atomic mass is 32.3. The van der Waals surface area contributed by atoms with E-state index in [4.69, 9.17) is 14.0 Å². The van der Waals surface area contributed by atoms with E-state index in [0.717, 1.165) is 70.6 Å². The quantitative estimate of drug-likeness (QED) is 0.0180. The van der Waals surface area contributed by atoms with Crippen LogP contribution in [0.1, 0.15) is 174 Å². The third-order valence-electron chi connectivity index (χ3n) is 10.7. The maximum absolute atomic E-state index is 13.1. The molecule has 13 nitrogen and oxygen atoms in total. The number of rotatable bonds is 38.